The average Bonchev–Trinajstić information content (AvgIpc) is 2.01. The van der Waals surface area contributed by atoms with Crippen LogP contribution in [0.2, 0.25) is 0 Å². The first kappa shape index (κ1) is 9.01. The highest BCUT2D eigenvalue weighted by molar-refractivity contribution is 4.75. The van der Waals surface area contributed by atoms with E-state index in [0.29, 0.717) is 6.04 Å². The van der Waals surface area contributed by atoms with Crippen molar-refractivity contribution >= 4 is 0 Å². The Morgan fingerprint density at radius 3 is 3.00 bits per heavy atom. The minimum atomic E-state index is 0.610. The monoisotopic (exact) mass is 157 g/mol. The summed E-state index contributed by atoms with van der Waals surface area (Å²) in [7, 11) is 0. The van der Waals surface area contributed by atoms with Crippen molar-refractivity contribution in [1.29, 1.82) is 0 Å². The zero-order chi connectivity index (χ0) is 8.10. The molecule has 2 atom stereocenters. The van der Waals surface area contributed by atoms with Gasteiger partial charge in [0.05, 0.1) is 6.61 Å². The van der Waals surface area contributed by atoms with Crippen LogP contribution in [0.4, 0.5) is 0 Å². The highest BCUT2D eigenvalue weighted by Gasteiger charge is 2.17. The van der Waals surface area contributed by atoms with Gasteiger partial charge in [0, 0.05) is 12.6 Å². The fraction of sp³-hybridized carbons (Fsp3) is 1.00. The molecule has 0 saturated carbocycles. The van der Waals surface area contributed by atoms with Crippen molar-refractivity contribution in [2.75, 3.05) is 19.8 Å². The largest absolute Gasteiger partial charge is 0.380 e. The highest BCUT2D eigenvalue weighted by Crippen LogP contribution is 2.14. The molecule has 2 heteroatoms. The Morgan fingerprint density at radius 1 is 1.55 bits per heavy atom. The van der Waals surface area contributed by atoms with Gasteiger partial charge in [-0.3, -0.25) is 0 Å². The van der Waals surface area contributed by atoms with Crippen LogP contribution in [0.1, 0.15) is 26.7 Å². The maximum Gasteiger partial charge on any atom is 0.0619 e. The van der Waals surface area contributed by atoms with E-state index in [1.54, 1.807) is 0 Å². The smallest absolute Gasteiger partial charge is 0.0619 e. The molecule has 2 nitrogen and oxygen atoms in total. The van der Waals surface area contributed by atoms with Crippen LogP contribution in [-0.4, -0.2) is 25.8 Å². The molecule has 0 spiro atoms. The number of hydrogen-bond donors (Lipinski definition) is 1. The van der Waals surface area contributed by atoms with Crippen molar-refractivity contribution in [1.82, 2.24) is 5.32 Å². The minimum absolute atomic E-state index is 0.610. The van der Waals surface area contributed by atoms with Gasteiger partial charge in [-0.2, -0.15) is 0 Å². The number of piperidine rings is 1. The van der Waals surface area contributed by atoms with Crippen LogP contribution in [0.15, 0.2) is 0 Å². The second-order valence-electron chi connectivity index (χ2n) is 3.44. The van der Waals surface area contributed by atoms with Crippen molar-refractivity contribution in [2.24, 2.45) is 5.92 Å². The summed E-state index contributed by atoms with van der Waals surface area (Å²) in [6, 6.07) is 0.610. The lowest BCUT2D eigenvalue weighted by Crippen LogP contribution is -2.40. The summed E-state index contributed by atoms with van der Waals surface area (Å²) in [5.41, 5.74) is 0. The van der Waals surface area contributed by atoms with Gasteiger partial charge in [-0.1, -0.05) is 6.92 Å². The lowest BCUT2D eigenvalue weighted by molar-refractivity contribution is 0.106. The molecule has 66 valence electrons. The van der Waals surface area contributed by atoms with E-state index in [1.165, 1.54) is 19.4 Å². The molecule has 0 bridgehead atoms. The molecule has 1 N–H and O–H groups in total. The normalized spacial score (nSPS) is 32.2. The maximum absolute atomic E-state index is 5.36. The molecule has 1 heterocycles. The van der Waals surface area contributed by atoms with Crippen LogP contribution in [0.25, 0.3) is 0 Å². The molecule has 0 aliphatic carbocycles. The van der Waals surface area contributed by atoms with Gasteiger partial charge in [-0.25, -0.2) is 0 Å². The Hall–Kier alpha value is -0.0800. The molecule has 11 heavy (non-hydrogen) atoms. The summed E-state index contributed by atoms with van der Waals surface area (Å²) in [6.45, 7) is 7.26. The van der Waals surface area contributed by atoms with E-state index in [9.17, 15) is 0 Å². The van der Waals surface area contributed by atoms with Crippen LogP contribution < -0.4 is 5.32 Å². The van der Waals surface area contributed by atoms with E-state index >= 15 is 0 Å². The molecule has 0 aromatic rings. The molecule has 2 unspecified atom stereocenters. The topological polar surface area (TPSA) is 21.3 Å². The molecule has 1 aliphatic heterocycles. The summed E-state index contributed by atoms with van der Waals surface area (Å²) in [5, 5.41) is 3.46. The third-order valence-electron chi connectivity index (χ3n) is 2.28. The zero-order valence-corrected chi connectivity index (χ0v) is 7.60. The van der Waals surface area contributed by atoms with Crippen molar-refractivity contribution < 1.29 is 4.74 Å². The van der Waals surface area contributed by atoms with Gasteiger partial charge >= 0.3 is 0 Å². The second kappa shape index (κ2) is 4.73. The average molecular weight is 157 g/mol. The van der Waals surface area contributed by atoms with Crippen LogP contribution >= 0.6 is 0 Å². The van der Waals surface area contributed by atoms with Crippen LogP contribution in [0.3, 0.4) is 0 Å². The van der Waals surface area contributed by atoms with Crippen molar-refractivity contribution in [3.63, 3.8) is 0 Å². The van der Waals surface area contributed by atoms with E-state index in [1.807, 2.05) is 6.92 Å². The van der Waals surface area contributed by atoms with Crippen molar-refractivity contribution in [2.45, 2.75) is 32.7 Å². The molecule has 1 saturated heterocycles. The van der Waals surface area contributed by atoms with E-state index < -0.39 is 0 Å². The fourth-order valence-electron chi connectivity index (χ4n) is 1.61. The third-order valence-corrected chi connectivity index (χ3v) is 2.28. The molecular weight excluding hydrogens is 138 g/mol. The Morgan fingerprint density at radius 2 is 2.36 bits per heavy atom. The summed E-state index contributed by atoms with van der Waals surface area (Å²) in [5.74, 6) is 0.877. The first-order valence-electron chi connectivity index (χ1n) is 4.64. The van der Waals surface area contributed by atoms with Crippen molar-refractivity contribution in [3.8, 4) is 0 Å². The third kappa shape index (κ3) is 3.21. The molecule has 1 rings (SSSR count). The van der Waals surface area contributed by atoms with Gasteiger partial charge < -0.3 is 10.1 Å². The summed E-state index contributed by atoms with van der Waals surface area (Å²) < 4.78 is 5.36. The van der Waals surface area contributed by atoms with Crippen molar-refractivity contribution in [3.05, 3.63) is 0 Å². The first-order chi connectivity index (χ1) is 5.33. The molecule has 0 aromatic heterocycles. The molecule has 0 amide bonds. The maximum atomic E-state index is 5.36. The number of nitrogens with one attached hydrogen (secondary N) is 1. The Balaban J connectivity index is 2.12. The Labute approximate surface area is 69.3 Å². The molecular formula is C9H19NO. The predicted octanol–water partition coefficient (Wildman–Crippen LogP) is 1.41. The Bertz CT molecular complexity index is 106. The van der Waals surface area contributed by atoms with E-state index in [0.717, 1.165) is 19.1 Å². The minimum Gasteiger partial charge on any atom is -0.380 e. The fourth-order valence-corrected chi connectivity index (χ4v) is 1.61. The van der Waals surface area contributed by atoms with E-state index in [2.05, 4.69) is 12.2 Å². The standard InChI is InChI=1S/C9H19NO/c1-3-11-7-9-6-8(2)4-5-10-9/h8-10H,3-7H2,1-2H3. The van der Waals surface area contributed by atoms with Gasteiger partial charge in [0.15, 0.2) is 0 Å². The highest BCUT2D eigenvalue weighted by atomic mass is 16.5. The summed E-state index contributed by atoms with van der Waals surface area (Å²) in [6.07, 6.45) is 2.60. The lowest BCUT2D eigenvalue weighted by atomic mass is 9.95. The SMILES string of the molecule is CCOCC1CC(C)CCN1. The van der Waals surface area contributed by atoms with E-state index in [-0.39, 0.29) is 0 Å². The van der Waals surface area contributed by atoms with Crippen LogP contribution in [-0.2, 0) is 4.74 Å². The molecule has 0 radical (unpaired) electrons. The van der Waals surface area contributed by atoms with Gasteiger partial charge in [-0.15, -0.1) is 0 Å². The van der Waals surface area contributed by atoms with Gasteiger partial charge in [0.2, 0.25) is 0 Å². The first-order valence-corrected chi connectivity index (χ1v) is 4.64. The molecule has 0 aromatic carbocycles. The van der Waals surface area contributed by atoms with Gasteiger partial charge in [-0.05, 0) is 32.2 Å². The van der Waals surface area contributed by atoms with Crippen LogP contribution in [0, 0.1) is 5.92 Å². The van der Waals surface area contributed by atoms with Gasteiger partial charge in [0.1, 0.15) is 0 Å². The Kier molecular flexibility index (Phi) is 3.87. The summed E-state index contributed by atoms with van der Waals surface area (Å²) in [4.78, 5) is 0. The lowest BCUT2D eigenvalue weighted by Gasteiger charge is -2.27. The quantitative estimate of drug-likeness (QED) is 0.669. The van der Waals surface area contributed by atoms with Gasteiger partial charge in [0.25, 0.3) is 0 Å². The number of rotatable bonds is 3. The zero-order valence-electron chi connectivity index (χ0n) is 7.60. The molecule has 1 fully saturated rings. The van der Waals surface area contributed by atoms with Crippen LogP contribution in [0.5, 0.6) is 0 Å². The number of hydrogen-bond acceptors (Lipinski definition) is 2. The van der Waals surface area contributed by atoms with E-state index in [4.69, 9.17) is 4.74 Å². The second-order valence-corrected chi connectivity index (χ2v) is 3.44. The molecule has 1 aliphatic rings. The number of ether oxygens (including phenoxy) is 1. The summed E-state index contributed by atoms with van der Waals surface area (Å²) >= 11 is 0. The predicted molar refractivity (Wildman–Crippen MR) is 46.7 cm³/mol.